The molecule has 2 N–H and O–H groups in total. The first-order chi connectivity index (χ1) is 9.95. The number of rotatable bonds is 5. The molecule has 1 heterocycles. The Morgan fingerprint density at radius 1 is 1.29 bits per heavy atom. The number of carbonyl (C=O) groups is 1. The van der Waals surface area contributed by atoms with Gasteiger partial charge in [-0.15, -0.1) is 11.3 Å². The predicted octanol–water partition coefficient (Wildman–Crippen LogP) is 2.85. The molecule has 1 aliphatic carbocycles. The number of hydrogen-bond donors (Lipinski definition) is 1. The van der Waals surface area contributed by atoms with Gasteiger partial charge in [-0.3, -0.25) is 4.79 Å². The molecule has 1 fully saturated rings. The summed E-state index contributed by atoms with van der Waals surface area (Å²) in [5, 5.41) is 3.13. The van der Waals surface area contributed by atoms with E-state index in [9.17, 15) is 4.79 Å². The minimum Gasteiger partial charge on any atom is -0.366 e. The molecule has 0 atom stereocenters. The molecule has 1 aromatic rings. The van der Waals surface area contributed by atoms with Crippen LogP contribution < -0.4 is 10.6 Å². The van der Waals surface area contributed by atoms with Crippen molar-refractivity contribution in [1.82, 2.24) is 4.90 Å². The van der Waals surface area contributed by atoms with Crippen LogP contribution in [0.4, 0.5) is 5.00 Å². The number of carbonyl (C=O) groups excluding carboxylic acids is 1. The van der Waals surface area contributed by atoms with Crippen LogP contribution in [-0.2, 0) is 0 Å². The monoisotopic (exact) mass is 309 g/mol. The number of primary amides is 1. The Kier molecular flexibility index (Phi) is 5.27. The molecule has 1 aliphatic rings. The van der Waals surface area contributed by atoms with Crippen molar-refractivity contribution < 1.29 is 4.79 Å². The Bertz CT molecular complexity index is 490. The van der Waals surface area contributed by atoms with Gasteiger partial charge in [0.15, 0.2) is 0 Å². The van der Waals surface area contributed by atoms with E-state index in [1.54, 1.807) is 11.3 Å². The van der Waals surface area contributed by atoms with Gasteiger partial charge in [-0.2, -0.15) is 0 Å². The van der Waals surface area contributed by atoms with E-state index in [0.717, 1.165) is 12.1 Å². The first-order valence-corrected chi connectivity index (χ1v) is 8.64. The van der Waals surface area contributed by atoms with Crippen molar-refractivity contribution in [2.24, 2.45) is 5.73 Å². The van der Waals surface area contributed by atoms with Crippen molar-refractivity contribution in [3.05, 3.63) is 16.5 Å². The van der Waals surface area contributed by atoms with Gasteiger partial charge in [-0.05, 0) is 59.2 Å². The molecule has 4 nitrogen and oxygen atoms in total. The molecule has 0 unspecified atom stereocenters. The number of anilines is 1. The highest BCUT2D eigenvalue weighted by molar-refractivity contribution is 7.14. The molecule has 0 aromatic carbocycles. The van der Waals surface area contributed by atoms with E-state index in [4.69, 9.17) is 5.73 Å². The van der Waals surface area contributed by atoms with Gasteiger partial charge in [0, 0.05) is 24.0 Å². The number of nitrogens with zero attached hydrogens (tertiary/aromatic N) is 2. The Morgan fingerprint density at radius 3 is 2.29 bits per heavy atom. The standard InChI is InChI=1S/C16H27N3OS/c1-5-19(13-8-6-12(7-9-13)18(3)4)16-11(2)14(10-21-16)15(17)20/h10,12-13H,5-9H2,1-4H3,(H2,17,20). The second-order valence-electron chi connectivity index (χ2n) is 6.16. The highest BCUT2D eigenvalue weighted by Crippen LogP contribution is 2.35. The predicted molar refractivity (Wildman–Crippen MR) is 90.3 cm³/mol. The van der Waals surface area contributed by atoms with Gasteiger partial charge in [0.1, 0.15) is 0 Å². The first-order valence-electron chi connectivity index (χ1n) is 7.76. The van der Waals surface area contributed by atoms with E-state index < -0.39 is 0 Å². The van der Waals surface area contributed by atoms with Gasteiger partial charge in [0.25, 0.3) is 0 Å². The van der Waals surface area contributed by atoms with Crippen molar-refractivity contribution in [2.45, 2.75) is 51.6 Å². The summed E-state index contributed by atoms with van der Waals surface area (Å²) in [7, 11) is 4.34. The van der Waals surface area contributed by atoms with Crippen molar-refractivity contribution in [1.29, 1.82) is 0 Å². The second kappa shape index (κ2) is 6.79. The Hall–Kier alpha value is -1.07. The molecule has 0 spiro atoms. The van der Waals surface area contributed by atoms with E-state index in [-0.39, 0.29) is 5.91 Å². The van der Waals surface area contributed by atoms with Crippen LogP contribution in [0.25, 0.3) is 0 Å². The van der Waals surface area contributed by atoms with Crippen molar-refractivity contribution in [3.63, 3.8) is 0 Å². The average Bonchev–Trinajstić information content (AvgIpc) is 2.82. The lowest BCUT2D eigenvalue weighted by molar-refractivity contribution is 0.1000. The number of amides is 1. The molecule has 1 aromatic heterocycles. The van der Waals surface area contributed by atoms with Gasteiger partial charge < -0.3 is 15.5 Å². The molecule has 118 valence electrons. The summed E-state index contributed by atoms with van der Waals surface area (Å²) in [6.45, 7) is 5.19. The summed E-state index contributed by atoms with van der Waals surface area (Å²) in [6.07, 6.45) is 4.95. The maximum absolute atomic E-state index is 11.4. The summed E-state index contributed by atoms with van der Waals surface area (Å²) in [4.78, 5) is 16.3. The second-order valence-corrected chi connectivity index (χ2v) is 7.01. The molecule has 2 rings (SSSR count). The van der Waals surface area contributed by atoms with Crippen LogP contribution in [0.2, 0.25) is 0 Å². The third-order valence-corrected chi connectivity index (χ3v) is 5.84. The van der Waals surface area contributed by atoms with E-state index in [1.807, 2.05) is 12.3 Å². The highest BCUT2D eigenvalue weighted by Gasteiger charge is 2.28. The molecule has 21 heavy (non-hydrogen) atoms. The summed E-state index contributed by atoms with van der Waals surface area (Å²) in [5.41, 5.74) is 7.16. The molecule has 0 radical (unpaired) electrons. The van der Waals surface area contributed by atoms with E-state index in [1.165, 1.54) is 30.7 Å². The van der Waals surface area contributed by atoms with Gasteiger partial charge in [0.05, 0.1) is 10.6 Å². The smallest absolute Gasteiger partial charge is 0.249 e. The van der Waals surface area contributed by atoms with E-state index in [0.29, 0.717) is 17.6 Å². The average molecular weight is 309 g/mol. The molecule has 0 saturated heterocycles. The normalized spacial score (nSPS) is 22.5. The fourth-order valence-electron chi connectivity index (χ4n) is 3.39. The Labute approximate surface area is 131 Å². The summed E-state index contributed by atoms with van der Waals surface area (Å²) in [5.74, 6) is -0.317. The topological polar surface area (TPSA) is 49.6 Å². The fraction of sp³-hybridized carbons (Fsp3) is 0.688. The summed E-state index contributed by atoms with van der Waals surface area (Å²) >= 11 is 1.65. The molecule has 1 amide bonds. The highest BCUT2D eigenvalue weighted by atomic mass is 32.1. The zero-order valence-corrected chi connectivity index (χ0v) is 14.4. The lowest BCUT2D eigenvalue weighted by Crippen LogP contribution is -2.42. The molecule has 0 bridgehead atoms. The minimum atomic E-state index is -0.317. The maximum Gasteiger partial charge on any atom is 0.249 e. The third kappa shape index (κ3) is 3.40. The number of hydrogen-bond acceptors (Lipinski definition) is 4. The van der Waals surface area contributed by atoms with Crippen LogP contribution >= 0.6 is 11.3 Å². The number of nitrogens with two attached hydrogens (primary N) is 1. The Morgan fingerprint density at radius 2 is 1.86 bits per heavy atom. The van der Waals surface area contributed by atoms with Gasteiger partial charge in [-0.1, -0.05) is 0 Å². The van der Waals surface area contributed by atoms with Gasteiger partial charge in [0.2, 0.25) is 5.91 Å². The zero-order valence-electron chi connectivity index (χ0n) is 13.6. The van der Waals surface area contributed by atoms with Crippen molar-refractivity contribution in [2.75, 3.05) is 25.5 Å². The van der Waals surface area contributed by atoms with Crippen LogP contribution in [0.15, 0.2) is 5.38 Å². The van der Waals surface area contributed by atoms with Crippen LogP contribution in [0.1, 0.15) is 48.5 Å². The van der Waals surface area contributed by atoms with Crippen LogP contribution in [0.3, 0.4) is 0 Å². The molecule has 1 saturated carbocycles. The minimum absolute atomic E-state index is 0.317. The van der Waals surface area contributed by atoms with E-state index >= 15 is 0 Å². The first kappa shape index (κ1) is 16.3. The van der Waals surface area contributed by atoms with Crippen LogP contribution in [0.5, 0.6) is 0 Å². The van der Waals surface area contributed by atoms with E-state index in [2.05, 4.69) is 30.8 Å². The lowest BCUT2D eigenvalue weighted by Gasteiger charge is -2.39. The zero-order chi connectivity index (χ0) is 15.6. The SMILES string of the molecule is CCN(c1scc(C(N)=O)c1C)C1CCC(N(C)C)CC1. The van der Waals surface area contributed by atoms with Gasteiger partial charge in [-0.25, -0.2) is 0 Å². The summed E-state index contributed by atoms with van der Waals surface area (Å²) < 4.78 is 0. The van der Waals surface area contributed by atoms with Crippen LogP contribution in [-0.4, -0.2) is 43.5 Å². The summed E-state index contributed by atoms with van der Waals surface area (Å²) in [6, 6.07) is 1.30. The lowest BCUT2D eigenvalue weighted by atomic mass is 9.89. The Balaban J connectivity index is 2.12. The largest absolute Gasteiger partial charge is 0.366 e. The van der Waals surface area contributed by atoms with Crippen molar-refractivity contribution >= 4 is 22.2 Å². The molecular weight excluding hydrogens is 282 g/mol. The quantitative estimate of drug-likeness (QED) is 0.910. The number of thiophene rings is 1. The fourth-order valence-corrected chi connectivity index (χ4v) is 4.61. The van der Waals surface area contributed by atoms with Gasteiger partial charge >= 0.3 is 0 Å². The van der Waals surface area contributed by atoms with Crippen LogP contribution in [0, 0.1) is 6.92 Å². The molecular formula is C16H27N3OS. The van der Waals surface area contributed by atoms with Crippen molar-refractivity contribution in [3.8, 4) is 0 Å². The maximum atomic E-state index is 11.4. The molecule has 5 heteroatoms. The molecule has 0 aliphatic heterocycles. The third-order valence-electron chi connectivity index (χ3n) is 4.72.